The number of carboxylic acid groups (broad SMARTS) is 1. The van der Waals surface area contributed by atoms with Crippen LogP contribution in [-0.2, 0) is 6.42 Å². The zero-order chi connectivity index (χ0) is 18.1. The number of carboxylic acids is 1. The number of nitrogens with zero attached hydrogens (tertiary/aromatic N) is 1. The molecular weight excluding hydrogens is 342 g/mol. The first-order valence-corrected chi connectivity index (χ1v) is 9.63. The van der Waals surface area contributed by atoms with Crippen LogP contribution in [0.5, 0.6) is 0 Å². The van der Waals surface area contributed by atoms with Crippen molar-refractivity contribution in [3.8, 4) is 10.6 Å². The minimum atomic E-state index is -0.910. The Bertz CT molecular complexity index is 1080. The molecule has 0 saturated carbocycles. The molecule has 0 bridgehead atoms. The summed E-state index contributed by atoms with van der Waals surface area (Å²) in [5, 5.41) is 11.6. The molecule has 0 saturated heterocycles. The summed E-state index contributed by atoms with van der Waals surface area (Å²) in [5.74, 6) is -0.910. The van der Waals surface area contributed by atoms with Crippen LogP contribution in [0.15, 0.2) is 54.6 Å². The molecule has 2 heterocycles. The molecule has 4 aromatic rings. The number of aryl methyl sites for hydroxylation is 1. The van der Waals surface area contributed by atoms with E-state index >= 15 is 0 Å². The van der Waals surface area contributed by atoms with Crippen LogP contribution >= 0.6 is 11.3 Å². The Labute approximate surface area is 155 Å². The fourth-order valence-electron chi connectivity index (χ4n) is 3.22. The fourth-order valence-corrected chi connectivity index (χ4v) is 4.24. The Balaban J connectivity index is 1.87. The van der Waals surface area contributed by atoms with Gasteiger partial charge in [0.15, 0.2) is 0 Å². The van der Waals surface area contributed by atoms with Crippen LogP contribution in [0.3, 0.4) is 0 Å². The van der Waals surface area contributed by atoms with Crippen molar-refractivity contribution in [1.82, 2.24) is 4.98 Å². The maximum absolute atomic E-state index is 11.9. The molecule has 0 amide bonds. The number of fused-ring (bicyclic) bond motifs is 2. The van der Waals surface area contributed by atoms with Gasteiger partial charge in [0.2, 0.25) is 0 Å². The van der Waals surface area contributed by atoms with Crippen LogP contribution in [-0.4, -0.2) is 16.1 Å². The Hall–Kier alpha value is -2.72. The summed E-state index contributed by atoms with van der Waals surface area (Å²) in [4.78, 5) is 17.6. The van der Waals surface area contributed by atoms with Gasteiger partial charge in [0.25, 0.3) is 0 Å². The molecule has 1 N–H and O–H groups in total. The van der Waals surface area contributed by atoms with E-state index in [9.17, 15) is 9.90 Å². The van der Waals surface area contributed by atoms with Crippen molar-refractivity contribution in [3.05, 3.63) is 65.7 Å². The average Bonchev–Trinajstić information content (AvgIpc) is 3.09. The lowest BCUT2D eigenvalue weighted by Gasteiger charge is -2.08. The van der Waals surface area contributed by atoms with Crippen molar-refractivity contribution < 1.29 is 9.90 Å². The van der Waals surface area contributed by atoms with Gasteiger partial charge in [0, 0.05) is 10.1 Å². The zero-order valence-electron chi connectivity index (χ0n) is 14.5. The number of hydrogen-bond donors (Lipinski definition) is 1. The van der Waals surface area contributed by atoms with Crippen molar-refractivity contribution >= 4 is 38.3 Å². The second-order valence-corrected chi connectivity index (χ2v) is 7.55. The lowest BCUT2D eigenvalue weighted by molar-refractivity contribution is 0.0699. The van der Waals surface area contributed by atoms with Gasteiger partial charge in [-0.05, 0) is 54.1 Å². The molecule has 4 rings (SSSR count). The highest BCUT2D eigenvalue weighted by molar-refractivity contribution is 7.22. The van der Waals surface area contributed by atoms with E-state index < -0.39 is 5.97 Å². The van der Waals surface area contributed by atoms with Crippen molar-refractivity contribution in [2.75, 3.05) is 0 Å². The van der Waals surface area contributed by atoms with Gasteiger partial charge in [0.05, 0.1) is 21.7 Å². The second-order valence-electron chi connectivity index (χ2n) is 6.46. The predicted molar refractivity (Wildman–Crippen MR) is 108 cm³/mol. The molecular formula is C22H19NO2S. The summed E-state index contributed by atoms with van der Waals surface area (Å²) in [5.41, 5.74) is 2.94. The summed E-state index contributed by atoms with van der Waals surface area (Å²) in [6.45, 7) is 2.16. The van der Waals surface area contributed by atoms with Gasteiger partial charge < -0.3 is 5.11 Å². The van der Waals surface area contributed by atoms with E-state index in [1.807, 2.05) is 24.3 Å². The molecule has 3 nitrogen and oxygen atoms in total. The third-order valence-electron chi connectivity index (χ3n) is 4.60. The number of aromatic carboxylic acids is 1. The summed E-state index contributed by atoms with van der Waals surface area (Å²) in [6, 6.07) is 17.9. The fraction of sp³-hybridized carbons (Fsp3) is 0.182. The lowest BCUT2D eigenvalue weighted by atomic mass is 10.0. The number of aromatic nitrogens is 1. The molecule has 0 aliphatic carbocycles. The highest BCUT2D eigenvalue weighted by Gasteiger charge is 2.15. The third kappa shape index (κ3) is 3.08. The van der Waals surface area contributed by atoms with Gasteiger partial charge in [-0.15, -0.1) is 11.3 Å². The smallest absolute Gasteiger partial charge is 0.336 e. The van der Waals surface area contributed by atoms with Crippen molar-refractivity contribution in [3.63, 3.8) is 0 Å². The summed E-state index contributed by atoms with van der Waals surface area (Å²) in [7, 11) is 0. The molecule has 2 aromatic carbocycles. The highest BCUT2D eigenvalue weighted by atomic mass is 32.1. The first-order valence-electron chi connectivity index (χ1n) is 8.81. The Kier molecular flexibility index (Phi) is 4.43. The first-order chi connectivity index (χ1) is 12.7. The summed E-state index contributed by atoms with van der Waals surface area (Å²) in [6.07, 6.45) is 3.18. The SMILES string of the molecule is CCCCc1ccc2nc(-c3cc4ccccc4s3)cc(C(=O)O)c2c1. The number of thiophene rings is 1. The standard InChI is InChI=1S/C22H19NO2S/c1-2-3-6-14-9-10-18-16(11-14)17(22(24)25)13-19(23-18)21-12-15-7-4-5-8-20(15)26-21/h4-5,7-13H,2-3,6H2,1H3,(H,24,25). The summed E-state index contributed by atoms with van der Waals surface area (Å²) >= 11 is 1.64. The molecule has 0 unspecified atom stereocenters. The zero-order valence-corrected chi connectivity index (χ0v) is 15.3. The topological polar surface area (TPSA) is 50.2 Å². The summed E-state index contributed by atoms with van der Waals surface area (Å²) < 4.78 is 1.18. The van der Waals surface area contributed by atoms with Gasteiger partial charge in [-0.3, -0.25) is 0 Å². The monoisotopic (exact) mass is 361 g/mol. The molecule has 0 spiro atoms. The van der Waals surface area contributed by atoms with E-state index in [1.54, 1.807) is 17.4 Å². The lowest BCUT2D eigenvalue weighted by Crippen LogP contribution is -2.00. The van der Waals surface area contributed by atoms with Crippen molar-refractivity contribution in [1.29, 1.82) is 0 Å². The number of rotatable bonds is 5. The molecule has 0 radical (unpaired) electrons. The Morgan fingerprint density at radius 1 is 1.12 bits per heavy atom. The van der Waals surface area contributed by atoms with Crippen LogP contribution < -0.4 is 0 Å². The van der Waals surface area contributed by atoms with E-state index in [1.165, 1.54) is 10.3 Å². The van der Waals surface area contributed by atoms with Crippen LogP contribution in [0.25, 0.3) is 31.6 Å². The molecule has 0 fully saturated rings. The number of hydrogen-bond acceptors (Lipinski definition) is 3. The van der Waals surface area contributed by atoms with E-state index in [2.05, 4.69) is 31.2 Å². The first kappa shape index (κ1) is 16.7. The normalized spacial score (nSPS) is 11.3. The van der Waals surface area contributed by atoms with Crippen LogP contribution in [0, 0.1) is 0 Å². The van der Waals surface area contributed by atoms with Gasteiger partial charge in [0.1, 0.15) is 0 Å². The minimum absolute atomic E-state index is 0.320. The van der Waals surface area contributed by atoms with Crippen molar-refractivity contribution in [2.24, 2.45) is 0 Å². The van der Waals surface area contributed by atoms with Gasteiger partial charge >= 0.3 is 5.97 Å². The minimum Gasteiger partial charge on any atom is -0.478 e. The molecule has 0 atom stereocenters. The van der Waals surface area contributed by atoms with Gasteiger partial charge in [-0.25, -0.2) is 9.78 Å². The number of pyridine rings is 1. The van der Waals surface area contributed by atoms with Crippen LogP contribution in [0.1, 0.15) is 35.7 Å². The van der Waals surface area contributed by atoms with Crippen LogP contribution in [0.2, 0.25) is 0 Å². The molecule has 130 valence electrons. The molecule has 4 heteroatoms. The maximum atomic E-state index is 11.9. The number of carbonyl (C=O) groups is 1. The predicted octanol–water partition coefficient (Wildman–Crippen LogP) is 6.16. The quantitative estimate of drug-likeness (QED) is 0.463. The largest absolute Gasteiger partial charge is 0.478 e. The number of benzene rings is 2. The van der Waals surface area contributed by atoms with Gasteiger partial charge in [-0.1, -0.05) is 37.6 Å². The second kappa shape index (κ2) is 6.89. The molecule has 0 aliphatic rings. The van der Waals surface area contributed by atoms with E-state index in [0.717, 1.165) is 46.1 Å². The average molecular weight is 361 g/mol. The Morgan fingerprint density at radius 2 is 1.96 bits per heavy atom. The molecule has 0 aliphatic heterocycles. The van der Waals surface area contributed by atoms with E-state index in [4.69, 9.17) is 4.98 Å². The highest BCUT2D eigenvalue weighted by Crippen LogP contribution is 2.34. The third-order valence-corrected chi connectivity index (χ3v) is 5.74. The van der Waals surface area contributed by atoms with E-state index in [0.29, 0.717) is 5.56 Å². The van der Waals surface area contributed by atoms with E-state index in [-0.39, 0.29) is 0 Å². The molecule has 2 aromatic heterocycles. The van der Waals surface area contributed by atoms with Gasteiger partial charge in [-0.2, -0.15) is 0 Å². The number of unbranched alkanes of at least 4 members (excludes halogenated alkanes) is 1. The Morgan fingerprint density at radius 3 is 2.73 bits per heavy atom. The molecule has 26 heavy (non-hydrogen) atoms. The maximum Gasteiger partial charge on any atom is 0.336 e. The van der Waals surface area contributed by atoms with Crippen molar-refractivity contribution in [2.45, 2.75) is 26.2 Å². The van der Waals surface area contributed by atoms with Crippen LogP contribution in [0.4, 0.5) is 0 Å².